The van der Waals surface area contributed by atoms with Crippen molar-refractivity contribution >= 4 is 41.3 Å². The third kappa shape index (κ3) is 2.24. The van der Waals surface area contributed by atoms with Crippen molar-refractivity contribution < 1.29 is 9.59 Å². The molecule has 2 heterocycles. The van der Waals surface area contributed by atoms with Crippen LogP contribution < -0.4 is 10.6 Å². The third-order valence-corrected chi connectivity index (χ3v) is 2.93. The summed E-state index contributed by atoms with van der Waals surface area (Å²) in [5.41, 5.74) is 5.65. The summed E-state index contributed by atoms with van der Waals surface area (Å²) in [6.45, 7) is 0.311. The maximum atomic E-state index is 11.6. The van der Waals surface area contributed by atoms with Gasteiger partial charge in [-0.3, -0.25) is 14.5 Å². The number of halogens is 2. The van der Waals surface area contributed by atoms with Gasteiger partial charge in [-0.1, -0.05) is 23.2 Å². The highest BCUT2D eigenvalue weighted by molar-refractivity contribution is 6.37. The first-order valence-corrected chi connectivity index (χ1v) is 5.52. The number of carbonyl (C=O) groups is 2. The topological polar surface area (TPSA) is 89.2 Å². The van der Waals surface area contributed by atoms with Gasteiger partial charge in [0, 0.05) is 19.0 Å². The molecule has 1 aromatic rings. The molecule has 2 rings (SSSR count). The fraction of sp³-hybridized carbons (Fsp3) is 0.333. The van der Waals surface area contributed by atoms with Crippen LogP contribution in [0.5, 0.6) is 0 Å². The average Bonchev–Trinajstić information content (AvgIpc) is 2.57. The predicted molar refractivity (Wildman–Crippen MR) is 62.4 cm³/mol. The van der Waals surface area contributed by atoms with E-state index in [1.807, 2.05) is 0 Å². The second kappa shape index (κ2) is 4.56. The summed E-state index contributed by atoms with van der Waals surface area (Å²) < 4.78 is 0. The van der Waals surface area contributed by atoms with Crippen LogP contribution in [0.25, 0.3) is 0 Å². The molecule has 1 fully saturated rings. The Labute approximate surface area is 107 Å². The minimum atomic E-state index is -0.255. The summed E-state index contributed by atoms with van der Waals surface area (Å²) in [6, 6.07) is -0.255. The Kier molecular flexibility index (Phi) is 3.28. The summed E-state index contributed by atoms with van der Waals surface area (Å²) in [5, 5.41) is -0.161. The van der Waals surface area contributed by atoms with Crippen molar-refractivity contribution in [3.05, 3.63) is 15.9 Å². The molecule has 2 N–H and O–H groups in total. The molecule has 17 heavy (non-hydrogen) atoms. The van der Waals surface area contributed by atoms with Gasteiger partial charge < -0.3 is 5.73 Å². The molecule has 0 saturated carbocycles. The molecule has 0 spiro atoms. The van der Waals surface area contributed by atoms with Crippen LogP contribution >= 0.6 is 23.2 Å². The first kappa shape index (κ1) is 12.2. The molecule has 0 radical (unpaired) electrons. The zero-order valence-electron chi connectivity index (χ0n) is 8.56. The molecule has 90 valence electrons. The van der Waals surface area contributed by atoms with Crippen molar-refractivity contribution in [3.8, 4) is 0 Å². The molecule has 8 heteroatoms. The van der Waals surface area contributed by atoms with Gasteiger partial charge in [-0.05, 0) is 0 Å². The summed E-state index contributed by atoms with van der Waals surface area (Å²) in [4.78, 5) is 31.2. The van der Waals surface area contributed by atoms with Gasteiger partial charge in [0.1, 0.15) is 10.3 Å². The fourth-order valence-electron chi connectivity index (χ4n) is 1.55. The van der Waals surface area contributed by atoms with E-state index in [9.17, 15) is 9.59 Å². The number of rotatable bonds is 2. The van der Waals surface area contributed by atoms with Crippen LogP contribution in [0.3, 0.4) is 0 Å². The number of nitrogens with two attached hydrogens (primary N) is 1. The highest BCUT2D eigenvalue weighted by Gasteiger charge is 2.30. The van der Waals surface area contributed by atoms with Crippen LogP contribution in [-0.2, 0) is 4.79 Å². The van der Waals surface area contributed by atoms with Crippen molar-refractivity contribution in [2.24, 2.45) is 5.73 Å². The van der Waals surface area contributed by atoms with Crippen LogP contribution in [0.1, 0.15) is 16.8 Å². The van der Waals surface area contributed by atoms with Crippen molar-refractivity contribution in [1.29, 1.82) is 0 Å². The summed E-state index contributed by atoms with van der Waals surface area (Å²) in [7, 11) is 0. The number of carbonyl (C=O) groups excluding carboxylic acids is 2. The maximum absolute atomic E-state index is 11.6. The van der Waals surface area contributed by atoms with Gasteiger partial charge in [0.2, 0.25) is 11.9 Å². The van der Waals surface area contributed by atoms with E-state index in [2.05, 4.69) is 9.97 Å². The Balaban J connectivity index is 2.41. The van der Waals surface area contributed by atoms with Gasteiger partial charge in [-0.15, -0.1) is 0 Å². The van der Waals surface area contributed by atoms with Crippen LogP contribution in [0, 0.1) is 0 Å². The summed E-state index contributed by atoms with van der Waals surface area (Å²) in [6.07, 6.45) is 0.694. The zero-order valence-corrected chi connectivity index (χ0v) is 10.1. The summed E-state index contributed by atoms with van der Waals surface area (Å²) in [5.74, 6) is -0.118. The maximum Gasteiger partial charge on any atom is 0.235 e. The van der Waals surface area contributed by atoms with E-state index in [0.29, 0.717) is 12.8 Å². The van der Waals surface area contributed by atoms with Crippen LogP contribution in [0.15, 0.2) is 0 Å². The molecular formula is C9H8Cl2N4O2. The van der Waals surface area contributed by atoms with E-state index < -0.39 is 0 Å². The average molecular weight is 275 g/mol. The molecule has 1 unspecified atom stereocenters. The highest BCUT2D eigenvalue weighted by atomic mass is 35.5. The monoisotopic (exact) mass is 274 g/mol. The van der Waals surface area contributed by atoms with Crippen LogP contribution in [-0.4, -0.2) is 34.7 Å². The standard InChI is InChI=1S/C9H8Cl2N4O2/c10-7-5(3-16)8(11)14-9(13-7)15-2-4(12)1-6(15)17/h3-4H,1-2,12H2. The number of nitrogens with zero attached hydrogens (tertiary/aromatic N) is 3. The predicted octanol–water partition coefficient (Wildman–Crippen LogP) is 0.660. The molecule has 6 nitrogen and oxygen atoms in total. The fourth-order valence-corrected chi connectivity index (χ4v) is 2.02. The molecule has 1 aliphatic rings. The second-order valence-electron chi connectivity index (χ2n) is 3.61. The first-order valence-electron chi connectivity index (χ1n) is 4.77. The lowest BCUT2D eigenvalue weighted by molar-refractivity contribution is -0.117. The Bertz CT molecular complexity index is 471. The molecule has 0 aromatic carbocycles. The molecule has 0 bridgehead atoms. The van der Waals surface area contributed by atoms with Crippen LogP contribution in [0.4, 0.5) is 5.95 Å². The minimum absolute atomic E-state index is 0.00743. The lowest BCUT2D eigenvalue weighted by atomic mass is 10.3. The van der Waals surface area contributed by atoms with Gasteiger partial charge in [-0.2, -0.15) is 9.97 Å². The van der Waals surface area contributed by atoms with E-state index >= 15 is 0 Å². The van der Waals surface area contributed by atoms with Crippen LogP contribution in [0.2, 0.25) is 10.3 Å². The van der Waals surface area contributed by atoms with E-state index in [-0.39, 0.29) is 40.2 Å². The van der Waals surface area contributed by atoms with Gasteiger partial charge in [0.05, 0.1) is 5.56 Å². The van der Waals surface area contributed by atoms with E-state index in [1.165, 1.54) is 4.90 Å². The van der Waals surface area contributed by atoms with E-state index in [1.54, 1.807) is 0 Å². The Hall–Kier alpha value is -1.24. The lowest BCUT2D eigenvalue weighted by Crippen LogP contribution is -2.29. The highest BCUT2D eigenvalue weighted by Crippen LogP contribution is 2.24. The largest absolute Gasteiger partial charge is 0.326 e. The lowest BCUT2D eigenvalue weighted by Gasteiger charge is -2.14. The Morgan fingerprint density at radius 2 is 1.94 bits per heavy atom. The smallest absolute Gasteiger partial charge is 0.235 e. The number of anilines is 1. The van der Waals surface area contributed by atoms with E-state index in [4.69, 9.17) is 28.9 Å². The molecule has 1 amide bonds. The number of hydrogen-bond acceptors (Lipinski definition) is 5. The van der Waals surface area contributed by atoms with Gasteiger partial charge in [0.25, 0.3) is 0 Å². The number of hydrogen-bond donors (Lipinski definition) is 1. The normalized spacial score (nSPS) is 19.8. The molecule has 1 atom stereocenters. The molecule has 1 aromatic heterocycles. The molecule has 1 aliphatic heterocycles. The Morgan fingerprint density at radius 1 is 1.35 bits per heavy atom. The quantitative estimate of drug-likeness (QED) is 0.632. The Morgan fingerprint density at radius 3 is 2.35 bits per heavy atom. The van der Waals surface area contributed by atoms with Crippen molar-refractivity contribution in [1.82, 2.24) is 9.97 Å². The van der Waals surface area contributed by atoms with Crippen molar-refractivity contribution in [2.75, 3.05) is 11.4 Å². The number of aromatic nitrogens is 2. The SMILES string of the molecule is NC1CC(=O)N(c2nc(Cl)c(C=O)c(Cl)n2)C1. The first-order chi connectivity index (χ1) is 8.02. The number of amides is 1. The van der Waals surface area contributed by atoms with E-state index in [0.717, 1.165) is 0 Å². The zero-order chi connectivity index (χ0) is 12.6. The van der Waals surface area contributed by atoms with Gasteiger partial charge in [0.15, 0.2) is 6.29 Å². The second-order valence-corrected chi connectivity index (χ2v) is 4.32. The van der Waals surface area contributed by atoms with Gasteiger partial charge >= 0.3 is 0 Å². The summed E-state index contributed by atoms with van der Waals surface area (Å²) >= 11 is 11.5. The molecular weight excluding hydrogens is 267 g/mol. The van der Waals surface area contributed by atoms with Crippen molar-refractivity contribution in [2.45, 2.75) is 12.5 Å². The molecule has 1 saturated heterocycles. The third-order valence-electron chi connectivity index (χ3n) is 2.36. The minimum Gasteiger partial charge on any atom is -0.326 e. The molecule has 0 aliphatic carbocycles. The number of aldehydes is 1. The van der Waals surface area contributed by atoms with Crippen molar-refractivity contribution in [3.63, 3.8) is 0 Å². The van der Waals surface area contributed by atoms with Gasteiger partial charge in [-0.25, -0.2) is 0 Å².